The predicted molar refractivity (Wildman–Crippen MR) is 75.2 cm³/mol. The Hall–Kier alpha value is -1.89. The number of aldehydes is 1. The van der Waals surface area contributed by atoms with Gasteiger partial charge in [-0.1, -0.05) is 11.6 Å². The Morgan fingerprint density at radius 3 is 2.70 bits per heavy atom. The van der Waals surface area contributed by atoms with Crippen LogP contribution in [0.1, 0.15) is 31.1 Å². The third kappa shape index (κ3) is 5.40. The van der Waals surface area contributed by atoms with E-state index in [9.17, 15) is 9.59 Å². The van der Waals surface area contributed by atoms with Gasteiger partial charge in [-0.15, -0.1) is 0 Å². The molecule has 0 aromatic carbocycles. The van der Waals surface area contributed by atoms with E-state index in [2.05, 4.69) is 20.6 Å². The number of hydrogen-bond acceptors (Lipinski definition) is 6. The first-order valence-corrected chi connectivity index (χ1v) is 6.37. The SMILES string of the molecule is CC(C)(C)OC(=O)NCCNc1ncnc(Cl)c1C=O. The van der Waals surface area contributed by atoms with Gasteiger partial charge in [0.1, 0.15) is 22.9 Å². The molecule has 1 aromatic heterocycles. The number of alkyl carbamates (subject to hydrolysis) is 1. The van der Waals surface area contributed by atoms with Gasteiger partial charge in [0.15, 0.2) is 6.29 Å². The molecule has 0 radical (unpaired) electrons. The molecule has 0 bridgehead atoms. The Labute approximate surface area is 122 Å². The van der Waals surface area contributed by atoms with E-state index in [-0.39, 0.29) is 10.7 Å². The van der Waals surface area contributed by atoms with Crippen LogP contribution in [0.3, 0.4) is 0 Å². The van der Waals surface area contributed by atoms with Crippen LogP contribution in [0.25, 0.3) is 0 Å². The van der Waals surface area contributed by atoms with Gasteiger partial charge in [0, 0.05) is 13.1 Å². The van der Waals surface area contributed by atoms with Crippen molar-refractivity contribution in [1.29, 1.82) is 0 Å². The van der Waals surface area contributed by atoms with Crippen LogP contribution in [0.4, 0.5) is 10.6 Å². The lowest BCUT2D eigenvalue weighted by Gasteiger charge is -2.19. The quantitative estimate of drug-likeness (QED) is 0.490. The third-order valence-electron chi connectivity index (χ3n) is 2.04. The molecule has 1 rings (SSSR count). The van der Waals surface area contributed by atoms with Crippen LogP contribution >= 0.6 is 11.6 Å². The smallest absolute Gasteiger partial charge is 0.407 e. The lowest BCUT2D eigenvalue weighted by atomic mass is 10.2. The normalized spacial score (nSPS) is 10.8. The van der Waals surface area contributed by atoms with Crippen LogP contribution < -0.4 is 10.6 Å². The van der Waals surface area contributed by atoms with Crippen molar-refractivity contribution in [3.05, 3.63) is 17.0 Å². The first kappa shape index (κ1) is 16.2. The highest BCUT2D eigenvalue weighted by molar-refractivity contribution is 6.32. The molecule has 1 heterocycles. The molecule has 0 aliphatic heterocycles. The standard InChI is InChI=1S/C12H17ClN4O3/c1-12(2,3)20-11(19)15-5-4-14-10-8(6-18)9(13)16-7-17-10/h6-7H,4-5H2,1-3H3,(H,15,19)(H,14,16,17). The van der Waals surface area contributed by atoms with Crippen LogP contribution in [0.15, 0.2) is 6.33 Å². The molecule has 110 valence electrons. The summed E-state index contributed by atoms with van der Waals surface area (Å²) in [5.74, 6) is 0.325. The number of amides is 1. The average Bonchev–Trinajstić information content (AvgIpc) is 2.32. The van der Waals surface area contributed by atoms with Crippen molar-refractivity contribution >= 4 is 29.8 Å². The molecule has 1 aromatic rings. The third-order valence-corrected chi connectivity index (χ3v) is 2.34. The van der Waals surface area contributed by atoms with Crippen molar-refractivity contribution in [3.8, 4) is 0 Å². The number of carbonyl (C=O) groups excluding carboxylic acids is 2. The van der Waals surface area contributed by atoms with Gasteiger partial charge in [0.05, 0.1) is 5.56 Å². The second-order valence-electron chi connectivity index (χ2n) is 4.90. The zero-order valence-corrected chi connectivity index (χ0v) is 12.3. The largest absolute Gasteiger partial charge is 0.444 e. The number of anilines is 1. The predicted octanol–water partition coefficient (Wildman–Crippen LogP) is 1.88. The van der Waals surface area contributed by atoms with Crippen molar-refractivity contribution in [2.75, 3.05) is 18.4 Å². The van der Waals surface area contributed by atoms with E-state index in [1.54, 1.807) is 20.8 Å². The molecule has 20 heavy (non-hydrogen) atoms. The van der Waals surface area contributed by atoms with Crippen molar-refractivity contribution in [3.63, 3.8) is 0 Å². The highest BCUT2D eigenvalue weighted by atomic mass is 35.5. The first-order chi connectivity index (χ1) is 9.33. The summed E-state index contributed by atoms with van der Waals surface area (Å²) in [5, 5.41) is 5.54. The molecule has 0 saturated heterocycles. The number of rotatable bonds is 5. The molecule has 0 aliphatic rings. The second-order valence-corrected chi connectivity index (χ2v) is 5.26. The molecule has 0 fully saturated rings. The molecule has 0 unspecified atom stereocenters. The van der Waals surface area contributed by atoms with E-state index < -0.39 is 11.7 Å². The maximum Gasteiger partial charge on any atom is 0.407 e. The minimum atomic E-state index is -0.539. The van der Waals surface area contributed by atoms with Crippen molar-refractivity contribution < 1.29 is 14.3 Å². The first-order valence-electron chi connectivity index (χ1n) is 6.00. The number of ether oxygens (including phenoxy) is 1. The molecule has 2 N–H and O–H groups in total. The van der Waals surface area contributed by atoms with Gasteiger partial charge in [0.25, 0.3) is 0 Å². The molecule has 8 heteroatoms. The van der Waals surface area contributed by atoms with Gasteiger partial charge < -0.3 is 15.4 Å². The fourth-order valence-electron chi connectivity index (χ4n) is 1.28. The highest BCUT2D eigenvalue weighted by Crippen LogP contribution is 2.16. The van der Waals surface area contributed by atoms with Crippen LogP contribution in [0.5, 0.6) is 0 Å². The van der Waals surface area contributed by atoms with Gasteiger partial charge >= 0.3 is 6.09 Å². The number of hydrogen-bond donors (Lipinski definition) is 2. The summed E-state index contributed by atoms with van der Waals surface area (Å²) in [5.41, 5.74) is -0.353. The molecule has 0 spiro atoms. The van der Waals surface area contributed by atoms with Crippen molar-refractivity contribution in [2.45, 2.75) is 26.4 Å². The van der Waals surface area contributed by atoms with E-state index in [0.717, 1.165) is 0 Å². The summed E-state index contributed by atoms with van der Waals surface area (Å²) < 4.78 is 5.07. The van der Waals surface area contributed by atoms with E-state index >= 15 is 0 Å². The molecule has 0 saturated carbocycles. The highest BCUT2D eigenvalue weighted by Gasteiger charge is 2.15. The lowest BCUT2D eigenvalue weighted by molar-refractivity contribution is 0.0530. The second kappa shape index (κ2) is 7.04. The molecule has 7 nitrogen and oxygen atoms in total. The molecule has 1 amide bonds. The summed E-state index contributed by atoms with van der Waals surface area (Å²) in [4.78, 5) is 29.8. The fourth-order valence-corrected chi connectivity index (χ4v) is 1.46. The monoisotopic (exact) mass is 300 g/mol. The summed E-state index contributed by atoms with van der Waals surface area (Å²) in [6.45, 7) is 6.03. The van der Waals surface area contributed by atoms with Crippen LogP contribution in [0, 0.1) is 0 Å². The van der Waals surface area contributed by atoms with Gasteiger partial charge in [0.2, 0.25) is 0 Å². The van der Waals surface area contributed by atoms with E-state index in [1.165, 1.54) is 6.33 Å². The number of nitrogens with one attached hydrogen (secondary N) is 2. The lowest BCUT2D eigenvalue weighted by Crippen LogP contribution is -2.35. The maximum atomic E-state index is 11.4. The van der Waals surface area contributed by atoms with Gasteiger partial charge in [-0.05, 0) is 20.8 Å². The van der Waals surface area contributed by atoms with Crippen LogP contribution in [0.2, 0.25) is 5.15 Å². The molecular weight excluding hydrogens is 284 g/mol. The maximum absolute atomic E-state index is 11.4. The Morgan fingerprint density at radius 1 is 1.40 bits per heavy atom. The number of halogens is 1. The van der Waals surface area contributed by atoms with E-state index in [1.807, 2.05) is 0 Å². The topological polar surface area (TPSA) is 93.2 Å². The number of aromatic nitrogens is 2. The van der Waals surface area contributed by atoms with Crippen molar-refractivity contribution in [1.82, 2.24) is 15.3 Å². The fraction of sp³-hybridized carbons (Fsp3) is 0.500. The summed E-state index contributed by atoms with van der Waals surface area (Å²) in [6.07, 6.45) is 1.32. The zero-order valence-electron chi connectivity index (χ0n) is 11.6. The van der Waals surface area contributed by atoms with Gasteiger partial charge in [-0.25, -0.2) is 14.8 Å². The molecule has 0 aliphatic carbocycles. The summed E-state index contributed by atoms with van der Waals surface area (Å²) in [6, 6.07) is 0. The van der Waals surface area contributed by atoms with Gasteiger partial charge in [-0.2, -0.15) is 0 Å². The average molecular weight is 301 g/mol. The summed E-state index contributed by atoms with van der Waals surface area (Å²) >= 11 is 5.75. The number of carbonyl (C=O) groups is 2. The minimum Gasteiger partial charge on any atom is -0.444 e. The molecular formula is C12H17ClN4O3. The van der Waals surface area contributed by atoms with Crippen LogP contribution in [-0.4, -0.2) is 41.0 Å². The Morgan fingerprint density at radius 2 is 2.10 bits per heavy atom. The van der Waals surface area contributed by atoms with Crippen molar-refractivity contribution in [2.24, 2.45) is 0 Å². The minimum absolute atomic E-state index is 0.0811. The Balaban J connectivity index is 2.40. The summed E-state index contributed by atoms with van der Waals surface area (Å²) in [7, 11) is 0. The van der Waals surface area contributed by atoms with Gasteiger partial charge in [-0.3, -0.25) is 4.79 Å². The Kier molecular flexibility index (Phi) is 5.69. The van der Waals surface area contributed by atoms with E-state index in [4.69, 9.17) is 16.3 Å². The molecule has 0 atom stereocenters. The zero-order chi connectivity index (χ0) is 15.2. The Bertz CT molecular complexity index is 488. The number of nitrogens with zero attached hydrogens (tertiary/aromatic N) is 2. The van der Waals surface area contributed by atoms with E-state index in [0.29, 0.717) is 25.2 Å². The van der Waals surface area contributed by atoms with Crippen LogP contribution in [-0.2, 0) is 4.74 Å².